The van der Waals surface area contributed by atoms with Crippen molar-refractivity contribution in [2.75, 3.05) is 13.2 Å². The summed E-state index contributed by atoms with van der Waals surface area (Å²) in [6.07, 6.45) is -5.47. The average molecular weight is 1050 g/mol. The number of aliphatic hydroxyl groups is 6. The molecule has 2 aliphatic heterocycles. The minimum absolute atomic E-state index is 0.192. The predicted molar refractivity (Wildman–Crippen MR) is 212 cm³/mol. The summed E-state index contributed by atoms with van der Waals surface area (Å²) >= 11 is 6.58. The molecule has 17 nitrogen and oxygen atoms in total. The second-order valence-corrected chi connectivity index (χ2v) is 18.2. The van der Waals surface area contributed by atoms with Crippen molar-refractivity contribution in [2.45, 2.75) is 58.6 Å². The molecule has 26 heteroatoms. The van der Waals surface area contributed by atoms with Gasteiger partial charge in [-0.25, -0.2) is 35.7 Å². The number of halogens is 8. The maximum atomic E-state index is 16.4. The number of benzene rings is 2. The van der Waals surface area contributed by atoms with Crippen LogP contribution < -0.4 is 0 Å². The largest absolute Gasteiger partial charge is 0.394 e. The molecule has 64 heavy (non-hydrogen) atoms. The Morgan fingerprint density at radius 3 is 1.30 bits per heavy atom. The number of aliphatic hydroxyl groups excluding tert-OH is 6. The van der Waals surface area contributed by atoms with Crippen molar-refractivity contribution in [3.8, 4) is 22.5 Å². The number of hydrogen-bond acceptors (Lipinski definition) is 15. The van der Waals surface area contributed by atoms with Crippen LogP contribution in [0.5, 0.6) is 0 Å². The topological polar surface area (TPSA) is 244 Å². The average Bonchev–Trinajstić information content (AvgIpc) is 3.96. The Hall–Kier alpha value is -4.61. The molecule has 6 heterocycles. The zero-order valence-electron chi connectivity index (χ0n) is 31.9. The summed E-state index contributed by atoms with van der Waals surface area (Å²) in [5.41, 5.74) is -1.79. The molecule has 6 N–H and O–H groups in total. The van der Waals surface area contributed by atoms with Gasteiger partial charge >= 0.3 is 0 Å². The third-order valence-electron chi connectivity index (χ3n) is 10.9. The SMILES string of the molecule is O=S([C@@]1(c2cncc(Br)c2)O[C@H](CO)[C@H](O)[C@H](n2cc(-c3cc(F)c(F)c(F)c3)nn2)[C@H]1O)[C@@]1(c2cncc(Br)c2)O[C@H](CO)[C@H](O)[C@H](n2cc(-c3cc(F)c(F)c(F)c3)nn2)[C@H]1O. The van der Waals surface area contributed by atoms with Gasteiger partial charge in [-0.05, 0) is 68.3 Å². The van der Waals surface area contributed by atoms with E-state index < -0.39 is 117 Å². The molecule has 10 atom stereocenters. The first-order valence-electron chi connectivity index (χ1n) is 18.5. The van der Waals surface area contributed by atoms with E-state index in [1.54, 1.807) is 0 Å². The molecule has 4 aromatic heterocycles. The van der Waals surface area contributed by atoms with Crippen LogP contribution in [0.4, 0.5) is 26.3 Å². The number of rotatable bonds is 10. The van der Waals surface area contributed by atoms with Crippen LogP contribution in [0.25, 0.3) is 22.5 Å². The lowest BCUT2D eigenvalue weighted by atomic mass is 9.88. The molecule has 8 rings (SSSR count). The molecular formula is C38H30Br2F6N8O9S. The van der Waals surface area contributed by atoms with Gasteiger partial charge in [-0.2, -0.15) is 0 Å². The highest BCUT2D eigenvalue weighted by molar-refractivity contribution is 9.10. The molecule has 0 saturated carbocycles. The van der Waals surface area contributed by atoms with Crippen LogP contribution in [0.2, 0.25) is 0 Å². The standard InChI is InChI=1S/C38H30Br2F6N8O9S/c39-19-5-17(7-47-9-19)37(35(59)31(33(57)27(13-55)62-37)53-11-25(49-51-53)15-1-21(41)29(45)22(42)2-15)64(61)38(18-6-20(40)10-48-8-18)36(60)32(34(58)28(14-56)63-38)54-12-26(50-52-54)16-3-23(43)30(46)24(44)4-16/h1-12,27-28,31-36,55-60H,13-14H2/t27-,28-,31+,32+,33+,34+,35-,36-,37-,38-/m1/s1. The van der Waals surface area contributed by atoms with Gasteiger partial charge in [-0.3, -0.25) is 14.2 Å². The van der Waals surface area contributed by atoms with Crippen molar-refractivity contribution in [3.05, 3.63) is 129 Å². The Labute approximate surface area is 374 Å². The molecule has 0 spiro atoms. The molecule has 2 fully saturated rings. The first-order chi connectivity index (χ1) is 30.5. The van der Waals surface area contributed by atoms with Crippen molar-refractivity contribution in [2.24, 2.45) is 0 Å². The molecule has 0 aliphatic carbocycles. The molecule has 338 valence electrons. The highest BCUT2D eigenvalue weighted by Gasteiger charge is 2.69. The summed E-state index contributed by atoms with van der Waals surface area (Å²) in [5, 5.41) is 86.1. The minimum Gasteiger partial charge on any atom is -0.394 e. The van der Waals surface area contributed by atoms with Crippen molar-refractivity contribution in [1.29, 1.82) is 0 Å². The van der Waals surface area contributed by atoms with E-state index in [1.165, 1.54) is 24.5 Å². The van der Waals surface area contributed by atoms with Crippen LogP contribution in [-0.2, 0) is 30.1 Å². The third-order valence-corrected chi connectivity index (χ3v) is 14.0. The zero-order valence-corrected chi connectivity index (χ0v) is 35.9. The van der Waals surface area contributed by atoms with Crippen LogP contribution >= 0.6 is 31.9 Å². The fourth-order valence-corrected chi connectivity index (χ4v) is 10.8. The summed E-state index contributed by atoms with van der Waals surface area (Å²) in [6.45, 7) is -2.11. The highest BCUT2D eigenvalue weighted by Crippen LogP contribution is 2.55. The first kappa shape index (κ1) is 45.9. The minimum atomic E-state index is -3.24. The molecule has 2 aliphatic rings. The summed E-state index contributed by atoms with van der Waals surface area (Å²) in [6, 6.07) is 1.29. The zero-order chi connectivity index (χ0) is 46.0. The molecule has 0 radical (unpaired) electrons. The molecule has 2 aromatic carbocycles. The molecule has 0 unspecified atom stereocenters. The van der Waals surface area contributed by atoms with E-state index >= 15 is 4.21 Å². The fraction of sp³-hybridized carbons (Fsp3) is 0.316. The quantitative estimate of drug-likeness (QED) is 0.0854. The van der Waals surface area contributed by atoms with E-state index in [9.17, 15) is 57.0 Å². The highest BCUT2D eigenvalue weighted by atomic mass is 79.9. The van der Waals surface area contributed by atoms with Gasteiger partial charge in [0.15, 0.2) is 34.9 Å². The predicted octanol–water partition coefficient (Wildman–Crippen LogP) is 2.82. The van der Waals surface area contributed by atoms with Gasteiger partial charge in [0.2, 0.25) is 9.87 Å². The van der Waals surface area contributed by atoms with Crippen molar-refractivity contribution in [1.82, 2.24) is 40.0 Å². The maximum absolute atomic E-state index is 16.4. The summed E-state index contributed by atoms with van der Waals surface area (Å²) < 4.78 is 116. The van der Waals surface area contributed by atoms with Crippen molar-refractivity contribution in [3.63, 3.8) is 0 Å². The van der Waals surface area contributed by atoms with Crippen LogP contribution in [0.1, 0.15) is 23.2 Å². The molecule has 6 aromatic rings. The van der Waals surface area contributed by atoms with E-state index in [0.29, 0.717) is 24.3 Å². The van der Waals surface area contributed by atoms with Crippen LogP contribution in [0, 0.1) is 34.9 Å². The first-order valence-corrected chi connectivity index (χ1v) is 21.3. The van der Waals surface area contributed by atoms with Crippen LogP contribution in [0.15, 0.2) is 82.5 Å². The van der Waals surface area contributed by atoms with Gasteiger partial charge in [-0.15, -0.1) is 10.2 Å². The van der Waals surface area contributed by atoms with Crippen LogP contribution in [0.3, 0.4) is 0 Å². The number of hydrogen-bond donors (Lipinski definition) is 6. The second kappa shape index (κ2) is 17.6. The number of aromatic nitrogens is 8. The monoisotopic (exact) mass is 1050 g/mol. The molecular weight excluding hydrogens is 1020 g/mol. The van der Waals surface area contributed by atoms with Crippen molar-refractivity contribution < 1.29 is 70.7 Å². The lowest BCUT2D eigenvalue weighted by Crippen LogP contribution is -2.70. The Morgan fingerprint density at radius 2 is 0.969 bits per heavy atom. The Bertz CT molecular complexity index is 2540. The number of pyridine rings is 2. The Kier molecular flexibility index (Phi) is 12.7. The van der Waals surface area contributed by atoms with Gasteiger partial charge in [0.25, 0.3) is 0 Å². The van der Waals surface area contributed by atoms with Crippen LogP contribution in [-0.4, -0.2) is 125 Å². The van der Waals surface area contributed by atoms with E-state index in [0.717, 1.165) is 34.2 Å². The number of ether oxygens (including phenoxy) is 2. The van der Waals surface area contributed by atoms with Gasteiger partial charge in [0.05, 0.1) is 25.6 Å². The number of nitrogens with zero attached hydrogens (tertiary/aromatic N) is 8. The van der Waals surface area contributed by atoms with Gasteiger partial charge < -0.3 is 40.1 Å². The normalized spacial score (nSPS) is 28.5. The van der Waals surface area contributed by atoms with Crippen molar-refractivity contribution >= 4 is 42.7 Å². The van der Waals surface area contributed by atoms with Gasteiger partial charge in [0.1, 0.15) is 70.9 Å². The summed E-state index contributed by atoms with van der Waals surface area (Å²) in [5.74, 6) is -9.83. The Balaban J connectivity index is 1.34. The van der Waals surface area contributed by atoms with Gasteiger partial charge in [-0.1, -0.05) is 10.4 Å². The lowest BCUT2D eigenvalue weighted by molar-refractivity contribution is -0.243. The molecule has 0 bridgehead atoms. The third kappa shape index (κ3) is 7.56. The lowest BCUT2D eigenvalue weighted by Gasteiger charge is -2.55. The van der Waals surface area contributed by atoms with Gasteiger partial charge in [0, 0.05) is 56.0 Å². The van der Waals surface area contributed by atoms with E-state index in [1.807, 2.05) is 0 Å². The fourth-order valence-electron chi connectivity index (χ4n) is 7.83. The van der Waals surface area contributed by atoms with E-state index in [2.05, 4.69) is 62.5 Å². The maximum Gasteiger partial charge on any atom is 0.201 e. The smallest absolute Gasteiger partial charge is 0.201 e. The van der Waals surface area contributed by atoms with E-state index in [4.69, 9.17) is 9.47 Å². The summed E-state index contributed by atoms with van der Waals surface area (Å²) in [7, 11) is -3.24. The Morgan fingerprint density at radius 1 is 0.609 bits per heavy atom. The molecule has 0 amide bonds. The summed E-state index contributed by atoms with van der Waals surface area (Å²) in [4.78, 5) is 2.58. The molecule has 2 saturated heterocycles. The van der Waals surface area contributed by atoms with E-state index in [-0.39, 0.29) is 42.6 Å². The second-order valence-electron chi connectivity index (χ2n) is 14.6.